The van der Waals surface area contributed by atoms with Crippen molar-refractivity contribution in [3.8, 4) is 0 Å². The lowest BCUT2D eigenvalue weighted by Crippen LogP contribution is -2.27. The molecule has 0 aliphatic carbocycles. The summed E-state index contributed by atoms with van der Waals surface area (Å²) < 4.78 is 0. The maximum atomic E-state index is 6.77. The Kier molecular flexibility index (Phi) is 4.48. The van der Waals surface area contributed by atoms with E-state index in [0.29, 0.717) is 5.67 Å². The lowest BCUT2D eigenvalue weighted by molar-refractivity contribution is 0.866. The van der Waals surface area contributed by atoms with Gasteiger partial charge in [0.25, 0.3) is 13.4 Å². The highest BCUT2D eigenvalue weighted by molar-refractivity contribution is 7.59. The van der Waals surface area contributed by atoms with E-state index in [-0.39, 0.29) is 11.1 Å². The molecule has 0 amide bonds. The van der Waals surface area contributed by atoms with Crippen molar-refractivity contribution < 1.29 is 0 Å². The van der Waals surface area contributed by atoms with Crippen molar-refractivity contribution in [3.63, 3.8) is 0 Å². The van der Waals surface area contributed by atoms with E-state index >= 15 is 0 Å². The van der Waals surface area contributed by atoms with Crippen molar-refractivity contribution in [3.05, 3.63) is 71.8 Å². The molecule has 6 heteroatoms. The second-order valence-corrected chi connectivity index (χ2v) is 20.4. The van der Waals surface area contributed by atoms with Gasteiger partial charge in [-0.2, -0.15) is 0 Å². The Balaban J connectivity index is 2.13. The Bertz CT molecular complexity index is 561. The van der Waals surface area contributed by atoms with E-state index in [9.17, 15) is 0 Å². The van der Waals surface area contributed by atoms with E-state index in [0.717, 1.165) is 11.1 Å². The highest BCUT2D eigenvalue weighted by Gasteiger charge is 2.63. The van der Waals surface area contributed by atoms with Crippen LogP contribution in [0.3, 0.4) is 0 Å². The molecule has 21 heavy (non-hydrogen) atoms. The van der Waals surface area contributed by atoms with Gasteiger partial charge in [-0.3, -0.25) is 0 Å². The van der Waals surface area contributed by atoms with E-state index in [4.69, 9.17) is 44.3 Å². The third-order valence-corrected chi connectivity index (χ3v) is 18.9. The lowest BCUT2D eigenvalue weighted by atomic mass is 10.0. The zero-order chi connectivity index (χ0) is 15.1. The lowest BCUT2D eigenvalue weighted by Gasteiger charge is -2.28. The van der Waals surface area contributed by atoms with Gasteiger partial charge in [0.2, 0.25) is 0 Å². The molecule has 0 radical (unpaired) electrons. The predicted molar refractivity (Wildman–Crippen MR) is 98.1 cm³/mol. The van der Waals surface area contributed by atoms with Gasteiger partial charge in [-0.25, -0.2) is 0 Å². The largest absolute Gasteiger partial charge is 0.258 e. The molecular formula is C15H14Cl4Si2. The minimum atomic E-state index is -2.55. The van der Waals surface area contributed by atoms with Gasteiger partial charge in [-0.1, -0.05) is 60.7 Å². The molecule has 3 rings (SSSR count). The normalized spacial score (nSPS) is 26.7. The molecule has 0 N–H and O–H groups in total. The van der Waals surface area contributed by atoms with Crippen LogP contribution in [0.15, 0.2) is 60.7 Å². The molecule has 1 heterocycles. The van der Waals surface area contributed by atoms with Crippen LogP contribution in [-0.2, 0) is 0 Å². The molecule has 0 saturated carbocycles. The first-order chi connectivity index (χ1) is 9.92. The second-order valence-electron chi connectivity index (χ2n) is 5.48. The van der Waals surface area contributed by atoms with Gasteiger partial charge >= 0.3 is 0 Å². The molecule has 0 bridgehead atoms. The van der Waals surface area contributed by atoms with E-state index in [1.54, 1.807) is 0 Å². The molecule has 2 aromatic rings. The van der Waals surface area contributed by atoms with Crippen molar-refractivity contribution in [2.75, 3.05) is 0 Å². The SMILES string of the molecule is Cl[Si]1(Cl)C[Si](Cl)(Cl)C(c2ccccc2)C1c1ccccc1. The van der Waals surface area contributed by atoms with Crippen molar-refractivity contribution in [2.45, 2.75) is 16.7 Å². The standard InChI is InChI=1S/C15H14Cl4Si2/c16-20(17)11-21(18,19)15(13-9-5-2-6-10-13)14(20)12-7-3-1-4-8-12/h1-10,14-15H,11H2. The van der Waals surface area contributed by atoms with Crippen molar-refractivity contribution in [1.29, 1.82) is 0 Å². The molecular weight excluding hydrogens is 378 g/mol. The summed E-state index contributed by atoms with van der Waals surface area (Å²) >= 11 is 27.1. The predicted octanol–water partition coefficient (Wildman–Crippen LogP) is 6.02. The zero-order valence-electron chi connectivity index (χ0n) is 11.1. The van der Waals surface area contributed by atoms with Gasteiger partial charge < -0.3 is 0 Å². The van der Waals surface area contributed by atoms with Gasteiger partial charge in [0.15, 0.2) is 0 Å². The Morgan fingerprint density at radius 2 is 0.952 bits per heavy atom. The zero-order valence-corrected chi connectivity index (χ0v) is 16.2. The summed E-state index contributed by atoms with van der Waals surface area (Å²) in [6.07, 6.45) is 0. The van der Waals surface area contributed by atoms with Crippen molar-refractivity contribution in [2.24, 2.45) is 0 Å². The highest BCUT2D eigenvalue weighted by Crippen LogP contribution is 2.60. The first-order valence-electron chi connectivity index (χ1n) is 6.77. The molecule has 2 unspecified atom stereocenters. The summed E-state index contributed by atoms with van der Waals surface area (Å²) in [4.78, 5) is 0. The minimum absolute atomic E-state index is 0.0473. The van der Waals surface area contributed by atoms with Crippen LogP contribution in [0.5, 0.6) is 0 Å². The van der Waals surface area contributed by atoms with Gasteiger partial charge in [0, 0.05) is 11.1 Å². The number of hydrogen-bond donors (Lipinski definition) is 0. The van der Waals surface area contributed by atoms with Crippen LogP contribution in [-0.4, -0.2) is 13.4 Å². The summed E-state index contributed by atoms with van der Waals surface area (Å²) in [5.74, 6) is 0. The number of halogens is 4. The molecule has 0 nitrogen and oxygen atoms in total. The molecule has 1 aliphatic rings. The molecule has 1 saturated heterocycles. The fraction of sp³-hybridized carbons (Fsp3) is 0.200. The van der Waals surface area contributed by atoms with E-state index in [1.807, 2.05) is 36.4 Å². The first kappa shape index (κ1) is 15.9. The van der Waals surface area contributed by atoms with Gasteiger partial charge in [0.05, 0.1) is 0 Å². The van der Waals surface area contributed by atoms with Crippen LogP contribution in [0, 0.1) is 0 Å². The summed E-state index contributed by atoms with van der Waals surface area (Å²) in [6, 6.07) is 20.4. The number of benzene rings is 2. The summed E-state index contributed by atoms with van der Waals surface area (Å²) in [5.41, 5.74) is 3.00. The second kappa shape index (κ2) is 5.91. The van der Waals surface area contributed by atoms with Crippen LogP contribution in [0.4, 0.5) is 0 Å². The minimum Gasteiger partial charge on any atom is -0.145 e. The van der Waals surface area contributed by atoms with Crippen LogP contribution in [0.1, 0.15) is 22.2 Å². The Morgan fingerprint density at radius 3 is 1.29 bits per heavy atom. The summed E-state index contributed by atoms with van der Waals surface area (Å²) in [5, 5.41) is 0. The van der Waals surface area contributed by atoms with Gasteiger partial charge in [0.1, 0.15) is 0 Å². The summed E-state index contributed by atoms with van der Waals surface area (Å²) in [7, 11) is 0. The molecule has 0 spiro atoms. The average molecular weight is 392 g/mol. The third kappa shape index (κ3) is 3.07. The van der Waals surface area contributed by atoms with Crippen LogP contribution in [0.25, 0.3) is 0 Å². The maximum absolute atomic E-state index is 6.77. The molecule has 0 aromatic heterocycles. The van der Waals surface area contributed by atoms with Gasteiger partial charge in [-0.15, -0.1) is 44.3 Å². The Morgan fingerprint density at radius 1 is 0.619 bits per heavy atom. The van der Waals surface area contributed by atoms with E-state index in [2.05, 4.69) is 24.3 Å². The molecule has 2 atom stereocenters. The fourth-order valence-electron chi connectivity index (χ4n) is 3.22. The quantitative estimate of drug-likeness (QED) is 0.433. The highest BCUT2D eigenvalue weighted by atomic mass is 35.7. The number of rotatable bonds is 2. The van der Waals surface area contributed by atoms with Gasteiger partial charge in [-0.05, 0) is 16.8 Å². The molecule has 110 valence electrons. The average Bonchev–Trinajstić information content (AvgIpc) is 2.64. The summed E-state index contributed by atoms with van der Waals surface area (Å²) in [6.45, 7) is -5.10. The first-order valence-corrected chi connectivity index (χ1v) is 15.4. The van der Waals surface area contributed by atoms with Crippen molar-refractivity contribution >= 4 is 57.7 Å². The van der Waals surface area contributed by atoms with Crippen LogP contribution >= 0.6 is 44.3 Å². The van der Waals surface area contributed by atoms with Crippen LogP contribution in [0.2, 0.25) is 5.67 Å². The number of hydrogen-bond acceptors (Lipinski definition) is 0. The molecule has 1 aliphatic heterocycles. The molecule has 2 aromatic carbocycles. The Labute approximate surface area is 145 Å². The maximum Gasteiger partial charge on any atom is 0.258 e. The topological polar surface area (TPSA) is 0 Å². The van der Waals surface area contributed by atoms with E-state index in [1.165, 1.54) is 0 Å². The Hall–Kier alpha value is 0.0338. The molecule has 1 fully saturated rings. The van der Waals surface area contributed by atoms with E-state index < -0.39 is 13.4 Å². The van der Waals surface area contributed by atoms with Crippen LogP contribution < -0.4 is 0 Å². The smallest absolute Gasteiger partial charge is 0.145 e. The third-order valence-electron chi connectivity index (χ3n) is 4.03. The fourth-order valence-corrected chi connectivity index (χ4v) is 26.3. The monoisotopic (exact) mass is 390 g/mol. The van der Waals surface area contributed by atoms with Crippen molar-refractivity contribution in [1.82, 2.24) is 0 Å².